The summed E-state index contributed by atoms with van der Waals surface area (Å²) in [4.78, 5) is 15.3. The monoisotopic (exact) mass is 342 g/mol. The van der Waals surface area contributed by atoms with Crippen LogP contribution in [-0.4, -0.2) is 56.6 Å². The summed E-state index contributed by atoms with van der Waals surface area (Å²) in [6, 6.07) is 7.34. The quantitative estimate of drug-likeness (QED) is 0.870. The first kappa shape index (κ1) is 17.5. The summed E-state index contributed by atoms with van der Waals surface area (Å²) in [5, 5.41) is 17.2. The summed E-state index contributed by atoms with van der Waals surface area (Å²) < 4.78 is 0. The molecule has 1 aromatic heterocycles. The Hall–Kier alpha value is -2.28. The van der Waals surface area contributed by atoms with Gasteiger partial charge in [-0.3, -0.25) is 4.79 Å². The van der Waals surface area contributed by atoms with Gasteiger partial charge in [-0.2, -0.15) is 5.21 Å². The van der Waals surface area contributed by atoms with Crippen molar-refractivity contribution in [3.63, 3.8) is 0 Å². The average Bonchev–Trinajstić information content (AvgIpc) is 3.00. The van der Waals surface area contributed by atoms with Gasteiger partial charge in [-0.25, -0.2) is 0 Å². The second kappa shape index (κ2) is 7.74. The number of amides is 1. The van der Waals surface area contributed by atoms with Crippen molar-refractivity contribution in [2.45, 2.75) is 45.1 Å². The Bertz CT molecular complexity index is 689. The zero-order chi connectivity index (χ0) is 17.7. The number of hydrogen-bond donors (Lipinski definition) is 2. The zero-order valence-electron chi connectivity index (χ0n) is 15.0. The lowest BCUT2D eigenvalue weighted by Crippen LogP contribution is -2.51. The van der Waals surface area contributed by atoms with Crippen LogP contribution in [0.1, 0.15) is 49.9 Å². The van der Waals surface area contributed by atoms with Crippen LogP contribution < -0.4 is 5.32 Å². The second-order valence-electron chi connectivity index (χ2n) is 7.31. The predicted molar refractivity (Wildman–Crippen MR) is 96.1 cm³/mol. The van der Waals surface area contributed by atoms with Gasteiger partial charge in [0.15, 0.2) is 0 Å². The van der Waals surface area contributed by atoms with E-state index in [0.717, 1.165) is 19.6 Å². The molecule has 0 spiro atoms. The van der Waals surface area contributed by atoms with Crippen molar-refractivity contribution in [1.29, 1.82) is 0 Å². The van der Waals surface area contributed by atoms with E-state index in [4.69, 9.17) is 0 Å². The van der Waals surface area contributed by atoms with Crippen LogP contribution in [0.2, 0.25) is 0 Å². The molecule has 1 saturated heterocycles. The van der Waals surface area contributed by atoms with Gasteiger partial charge < -0.3 is 10.2 Å². The van der Waals surface area contributed by atoms with Crippen LogP contribution in [0, 0.1) is 0 Å². The molecule has 1 aliphatic heterocycles. The van der Waals surface area contributed by atoms with Gasteiger partial charge in [0.25, 0.3) is 5.91 Å². The van der Waals surface area contributed by atoms with E-state index in [0.29, 0.717) is 17.0 Å². The van der Waals surface area contributed by atoms with Crippen LogP contribution in [-0.2, 0) is 0 Å². The number of tetrazole rings is 1. The largest absolute Gasteiger partial charge is 0.346 e. The van der Waals surface area contributed by atoms with E-state index in [2.05, 4.69) is 44.7 Å². The summed E-state index contributed by atoms with van der Waals surface area (Å²) in [6.07, 6.45) is 5.10. The van der Waals surface area contributed by atoms with Crippen molar-refractivity contribution in [2.24, 2.45) is 0 Å². The molecule has 7 heteroatoms. The SMILES string of the molecule is CC(C)(CN1CCCCCC1)NC(=O)c1ccccc1-c1nn[nH]n1. The van der Waals surface area contributed by atoms with Crippen LogP contribution in [0.3, 0.4) is 0 Å². The number of aromatic amines is 1. The molecular weight excluding hydrogens is 316 g/mol. The number of hydrogen-bond acceptors (Lipinski definition) is 5. The highest BCUT2D eigenvalue weighted by Gasteiger charge is 2.26. The minimum atomic E-state index is -0.314. The summed E-state index contributed by atoms with van der Waals surface area (Å²) in [7, 11) is 0. The Morgan fingerprint density at radius 3 is 2.60 bits per heavy atom. The van der Waals surface area contributed by atoms with Crippen molar-refractivity contribution in [1.82, 2.24) is 30.8 Å². The summed E-state index contributed by atoms with van der Waals surface area (Å²) in [6.45, 7) is 7.22. The Kier molecular flexibility index (Phi) is 5.43. The molecule has 0 bridgehead atoms. The van der Waals surface area contributed by atoms with Crippen LogP contribution >= 0.6 is 0 Å². The lowest BCUT2D eigenvalue weighted by atomic mass is 10.0. The molecular formula is C18H26N6O. The van der Waals surface area contributed by atoms with Crippen LogP contribution in [0.25, 0.3) is 11.4 Å². The van der Waals surface area contributed by atoms with E-state index in [1.165, 1.54) is 25.7 Å². The number of nitrogens with one attached hydrogen (secondary N) is 2. The summed E-state index contributed by atoms with van der Waals surface area (Å²) >= 11 is 0. The van der Waals surface area contributed by atoms with E-state index in [-0.39, 0.29) is 11.4 Å². The highest BCUT2D eigenvalue weighted by atomic mass is 16.1. The third kappa shape index (κ3) is 4.63. The zero-order valence-corrected chi connectivity index (χ0v) is 15.0. The third-order valence-electron chi connectivity index (χ3n) is 4.53. The summed E-state index contributed by atoms with van der Waals surface area (Å²) in [5.41, 5.74) is 0.929. The van der Waals surface area contributed by atoms with Gasteiger partial charge in [0.05, 0.1) is 5.56 Å². The molecule has 0 unspecified atom stereocenters. The van der Waals surface area contributed by atoms with Gasteiger partial charge in [-0.05, 0) is 51.1 Å². The number of H-pyrrole nitrogens is 1. The van der Waals surface area contributed by atoms with Crippen LogP contribution in [0.4, 0.5) is 0 Å². The number of aromatic nitrogens is 4. The molecule has 0 aliphatic carbocycles. The van der Waals surface area contributed by atoms with Crippen molar-refractivity contribution in [2.75, 3.05) is 19.6 Å². The van der Waals surface area contributed by atoms with Gasteiger partial charge in [0.2, 0.25) is 5.82 Å². The first-order chi connectivity index (χ1) is 12.1. The first-order valence-corrected chi connectivity index (χ1v) is 8.93. The van der Waals surface area contributed by atoms with Crippen molar-refractivity contribution in [3.8, 4) is 11.4 Å². The van der Waals surface area contributed by atoms with E-state index < -0.39 is 0 Å². The topological polar surface area (TPSA) is 86.8 Å². The number of nitrogens with zero attached hydrogens (tertiary/aromatic N) is 4. The third-order valence-corrected chi connectivity index (χ3v) is 4.53. The highest BCUT2D eigenvalue weighted by molar-refractivity contribution is 6.00. The number of benzene rings is 1. The van der Waals surface area contributed by atoms with E-state index in [1.807, 2.05) is 18.2 Å². The normalized spacial score (nSPS) is 16.4. The molecule has 0 atom stereocenters. The number of carbonyl (C=O) groups is 1. The maximum Gasteiger partial charge on any atom is 0.252 e. The number of likely N-dealkylation sites (tertiary alicyclic amines) is 1. The van der Waals surface area contributed by atoms with E-state index in [9.17, 15) is 4.79 Å². The molecule has 1 fully saturated rings. The minimum absolute atomic E-state index is 0.111. The predicted octanol–water partition coefficient (Wildman–Crippen LogP) is 2.25. The standard InChI is InChI=1S/C18H26N6O/c1-18(2,13-24-11-7-3-4-8-12-24)19-17(25)15-10-6-5-9-14(15)16-20-22-23-21-16/h5-6,9-10H,3-4,7-8,11-13H2,1-2H3,(H,19,25)(H,20,21,22,23). The van der Waals surface area contributed by atoms with Crippen LogP contribution in [0.15, 0.2) is 24.3 Å². The van der Waals surface area contributed by atoms with Crippen LogP contribution in [0.5, 0.6) is 0 Å². The fraction of sp³-hybridized carbons (Fsp3) is 0.556. The van der Waals surface area contributed by atoms with Gasteiger partial charge in [0.1, 0.15) is 0 Å². The van der Waals surface area contributed by atoms with Gasteiger partial charge in [-0.1, -0.05) is 31.0 Å². The first-order valence-electron chi connectivity index (χ1n) is 8.93. The molecule has 7 nitrogen and oxygen atoms in total. The van der Waals surface area contributed by atoms with Gasteiger partial charge in [-0.15, -0.1) is 10.2 Å². The highest BCUT2D eigenvalue weighted by Crippen LogP contribution is 2.20. The Morgan fingerprint density at radius 1 is 1.20 bits per heavy atom. The molecule has 25 heavy (non-hydrogen) atoms. The van der Waals surface area contributed by atoms with Gasteiger partial charge in [0, 0.05) is 17.6 Å². The molecule has 3 rings (SSSR count). The molecule has 1 amide bonds. The molecule has 2 heterocycles. The number of carbonyl (C=O) groups excluding carboxylic acids is 1. The summed E-state index contributed by atoms with van der Waals surface area (Å²) in [5.74, 6) is 0.316. The van der Waals surface area contributed by atoms with Crippen molar-refractivity contribution >= 4 is 5.91 Å². The van der Waals surface area contributed by atoms with Crippen molar-refractivity contribution < 1.29 is 4.79 Å². The molecule has 0 radical (unpaired) electrons. The Balaban J connectivity index is 1.71. The minimum Gasteiger partial charge on any atom is -0.346 e. The molecule has 2 aromatic rings. The van der Waals surface area contributed by atoms with E-state index in [1.54, 1.807) is 6.07 Å². The maximum absolute atomic E-state index is 12.9. The molecule has 1 aliphatic rings. The van der Waals surface area contributed by atoms with Gasteiger partial charge >= 0.3 is 0 Å². The molecule has 2 N–H and O–H groups in total. The Morgan fingerprint density at radius 2 is 1.92 bits per heavy atom. The molecule has 0 saturated carbocycles. The lowest BCUT2D eigenvalue weighted by molar-refractivity contribution is 0.0888. The molecule has 1 aromatic carbocycles. The van der Waals surface area contributed by atoms with E-state index >= 15 is 0 Å². The fourth-order valence-electron chi connectivity index (χ4n) is 3.42. The molecule has 134 valence electrons. The number of rotatable bonds is 5. The maximum atomic E-state index is 12.9. The smallest absolute Gasteiger partial charge is 0.252 e. The average molecular weight is 342 g/mol. The lowest BCUT2D eigenvalue weighted by Gasteiger charge is -2.33. The second-order valence-corrected chi connectivity index (χ2v) is 7.31. The Labute approximate surface area is 148 Å². The fourth-order valence-corrected chi connectivity index (χ4v) is 3.42. The van der Waals surface area contributed by atoms with Crippen molar-refractivity contribution in [3.05, 3.63) is 29.8 Å².